The predicted molar refractivity (Wildman–Crippen MR) is 203 cm³/mol. The summed E-state index contributed by atoms with van der Waals surface area (Å²) in [5.41, 5.74) is -0.498. The fourth-order valence-corrected chi connectivity index (χ4v) is 3.94. The Morgan fingerprint density at radius 2 is 0.750 bits per heavy atom. The topological polar surface area (TPSA) is 201 Å². The number of ether oxygens (including phenoxy) is 14. The molecular formula is C37H66N2O17. The van der Waals surface area contributed by atoms with E-state index in [9.17, 15) is 14.9 Å². The zero-order valence-corrected chi connectivity index (χ0v) is 33.6. The van der Waals surface area contributed by atoms with Gasteiger partial charge in [0.25, 0.3) is 5.69 Å². The second-order valence-electron chi connectivity index (χ2n) is 12.4. The molecule has 0 saturated carbocycles. The van der Waals surface area contributed by atoms with Gasteiger partial charge < -0.3 is 71.6 Å². The molecule has 0 spiro atoms. The Kier molecular flexibility index (Phi) is 34.6. The standard InChI is InChI=1S/C37H66N2O17/c1-37(2,3)56-36(40)38-8-9-43-10-11-44-12-13-45-14-15-46-16-17-47-18-19-48-20-21-49-22-23-50-24-25-51-26-27-52-28-29-53-30-31-54-32-33-55-35-6-4-34(5-7-35)39(41)42/h4-7H,8-33H2,1-3H3,(H,38,40). The van der Waals surface area contributed by atoms with E-state index in [2.05, 4.69) is 5.32 Å². The number of carbonyl (C=O) groups excluding carboxylic acids is 1. The van der Waals surface area contributed by atoms with Gasteiger partial charge in [0.05, 0.1) is 163 Å². The number of nitrogens with zero attached hydrogens (tertiary/aromatic N) is 1. The first kappa shape index (κ1) is 51.2. The molecule has 1 N–H and O–H groups in total. The van der Waals surface area contributed by atoms with Crippen LogP contribution in [0, 0.1) is 10.1 Å². The van der Waals surface area contributed by atoms with Crippen molar-refractivity contribution in [1.29, 1.82) is 0 Å². The molecule has 1 amide bonds. The van der Waals surface area contributed by atoms with Crippen LogP contribution in [0.1, 0.15) is 20.8 Å². The summed E-state index contributed by atoms with van der Waals surface area (Å²) < 4.78 is 76.1. The van der Waals surface area contributed by atoms with Crippen molar-refractivity contribution < 1.29 is 76.0 Å². The zero-order valence-electron chi connectivity index (χ0n) is 33.6. The smallest absolute Gasteiger partial charge is 0.407 e. The third kappa shape index (κ3) is 36.8. The maximum Gasteiger partial charge on any atom is 0.407 e. The van der Waals surface area contributed by atoms with Crippen molar-refractivity contribution in [2.75, 3.05) is 172 Å². The molecule has 0 aliphatic heterocycles. The van der Waals surface area contributed by atoms with Crippen molar-refractivity contribution in [2.45, 2.75) is 26.4 Å². The average molecular weight is 811 g/mol. The number of non-ortho nitro benzene ring substituents is 1. The van der Waals surface area contributed by atoms with E-state index >= 15 is 0 Å². The van der Waals surface area contributed by atoms with Crippen LogP contribution in [0.3, 0.4) is 0 Å². The normalized spacial score (nSPS) is 11.6. The molecule has 326 valence electrons. The molecule has 0 atom stereocenters. The van der Waals surface area contributed by atoms with Crippen molar-refractivity contribution >= 4 is 11.8 Å². The molecule has 19 nitrogen and oxygen atoms in total. The fraction of sp³-hybridized carbons (Fsp3) is 0.811. The van der Waals surface area contributed by atoms with Gasteiger partial charge in [0.1, 0.15) is 18.0 Å². The highest BCUT2D eigenvalue weighted by atomic mass is 16.6. The maximum absolute atomic E-state index is 11.5. The molecule has 0 bridgehead atoms. The Balaban J connectivity index is 1.64. The highest BCUT2D eigenvalue weighted by molar-refractivity contribution is 5.67. The molecule has 1 aromatic rings. The highest BCUT2D eigenvalue weighted by Crippen LogP contribution is 2.17. The van der Waals surface area contributed by atoms with Gasteiger partial charge in [0.2, 0.25) is 0 Å². The second-order valence-corrected chi connectivity index (χ2v) is 12.4. The molecular weight excluding hydrogens is 744 g/mol. The van der Waals surface area contributed by atoms with Gasteiger partial charge in [-0.15, -0.1) is 0 Å². The highest BCUT2D eigenvalue weighted by Gasteiger charge is 2.15. The molecule has 0 radical (unpaired) electrons. The number of benzene rings is 1. The first-order valence-electron chi connectivity index (χ1n) is 19.0. The molecule has 1 rings (SSSR count). The van der Waals surface area contributed by atoms with E-state index in [1.54, 1.807) is 12.1 Å². The van der Waals surface area contributed by atoms with Gasteiger partial charge in [-0.3, -0.25) is 10.1 Å². The zero-order chi connectivity index (χ0) is 40.6. The van der Waals surface area contributed by atoms with Gasteiger partial charge in [0.15, 0.2) is 0 Å². The van der Waals surface area contributed by atoms with Crippen LogP contribution in [0.25, 0.3) is 0 Å². The number of hydrogen-bond acceptors (Lipinski definition) is 17. The van der Waals surface area contributed by atoms with E-state index in [0.29, 0.717) is 177 Å². The third-order valence-electron chi connectivity index (χ3n) is 6.55. The number of amides is 1. The van der Waals surface area contributed by atoms with Crippen molar-refractivity contribution in [1.82, 2.24) is 5.32 Å². The number of carbonyl (C=O) groups is 1. The molecule has 0 aliphatic carbocycles. The molecule has 0 aromatic heterocycles. The Morgan fingerprint density at radius 1 is 0.482 bits per heavy atom. The number of nitro benzene ring substituents is 1. The minimum absolute atomic E-state index is 0.0212. The van der Waals surface area contributed by atoms with Gasteiger partial charge in [-0.2, -0.15) is 0 Å². The van der Waals surface area contributed by atoms with Crippen molar-refractivity contribution in [3.63, 3.8) is 0 Å². The fourth-order valence-electron chi connectivity index (χ4n) is 3.94. The second kappa shape index (κ2) is 37.8. The first-order valence-corrected chi connectivity index (χ1v) is 19.0. The SMILES string of the molecule is CC(C)(C)OC(=O)NCCOCCOCCOCCOCCOCCOCCOCCOCCOCCOCCOCCOCCOc1ccc([N+](=O)[O-])cc1. The first-order chi connectivity index (χ1) is 27.3. The molecule has 19 heteroatoms. The Morgan fingerprint density at radius 3 is 1.02 bits per heavy atom. The Labute approximate surface area is 331 Å². The summed E-state index contributed by atoms with van der Waals surface area (Å²) in [7, 11) is 0. The number of nitrogens with one attached hydrogen (secondary N) is 1. The van der Waals surface area contributed by atoms with E-state index in [1.807, 2.05) is 20.8 Å². The van der Waals surface area contributed by atoms with E-state index in [-0.39, 0.29) is 5.69 Å². The molecule has 0 unspecified atom stereocenters. The van der Waals surface area contributed by atoms with Crippen LogP contribution < -0.4 is 10.1 Å². The number of nitro groups is 1. The van der Waals surface area contributed by atoms with Gasteiger partial charge in [-0.05, 0) is 32.9 Å². The molecule has 0 aliphatic rings. The third-order valence-corrected chi connectivity index (χ3v) is 6.55. The maximum atomic E-state index is 11.5. The van der Waals surface area contributed by atoms with Crippen molar-refractivity contribution in [2.24, 2.45) is 0 Å². The molecule has 0 heterocycles. The van der Waals surface area contributed by atoms with E-state index in [4.69, 9.17) is 66.3 Å². The van der Waals surface area contributed by atoms with Crippen LogP contribution >= 0.6 is 0 Å². The largest absolute Gasteiger partial charge is 0.491 e. The number of alkyl carbamates (subject to hydrolysis) is 1. The average Bonchev–Trinajstić information content (AvgIpc) is 3.16. The number of hydrogen-bond donors (Lipinski definition) is 1. The lowest BCUT2D eigenvalue weighted by molar-refractivity contribution is -0.384. The van der Waals surface area contributed by atoms with Crippen molar-refractivity contribution in [3.05, 3.63) is 34.4 Å². The van der Waals surface area contributed by atoms with Gasteiger partial charge >= 0.3 is 6.09 Å². The van der Waals surface area contributed by atoms with Crippen LogP contribution in [0.2, 0.25) is 0 Å². The number of rotatable bonds is 41. The Bertz CT molecular complexity index is 1030. The summed E-state index contributed by atoms with van der Waals surface area (Å²) >= 11 is 0. The summed E-state index contributed by atoms with van der Waals surface area (Å²) in [5, 5.41) is 13.3. The lowest BCUT2D eigenvalue weighted by Crippen LogP contribution is -2.34. The molecule has 56 heavy (non-hydrogen) atoms. The summed E-state index contributed by atoms with van der Waals surface area (Å²) in [4.78, 5) is 21.7. The Hall–Kier alpha value is -2.79. The molecule has 0 saturated heterocycles. The van der Waals surface area contributed by atoms with Crippen molar-refractivity contribution in [3.8, 4) is 5.75 Å². The minimum atomic E-state index is -0.519. The minimum Gasteiger partial charge on any atom is -0.491 e. The predicted octanol–water partition coefficient (Wildman–Crippen LogP) is 2.70. The van der Waals surface area contributed by atoms with Crippen LogP contribution in [0.5, 0.6) is 5.75 Å². The lowest BCUT2D eigenvalue weighted by Gasteiger charge is -2.19. The molecule has 1 aromatic carbocycles. The van der Waals surface area contributed by atoms with E-state index in [1.165, 1.54) is 12.1 Å². The van der Waals surface area contributed by atoms with Crippen LogP contribution in [-0.2, 0) is 61.6 Å². The van der Waals surface area contributed by atoms with Crippen LogP contribution in [0.15, 0.2) is 24.3 Å². The van der Waals surface area contributed by atoms with E-state index < -0.39 is 16.6 Å². The summed E-state index contributed by atoms with van der Waals surface area (Å²) in [5.74, 6) is 0.551. The molecule has 0 fully saturated rings. The van der Waals surface area contributed by atoms with Gasteiger partial charge in [-0.25, -0.2) is 4.79 Å². The van der Waals surface area contributed by atoms with E-state index in [0.717, 1.165) is 0 Å². The summed E-state index contributed by atoms with van der Waals surface area (Å²) in [6, 6.07) is 5.90. The monoisotopic (exact) mass is 810 g/mol. The summed E-state index contributed by atoms with van der Waals surface area (Å²) in [6.45, 7) is 17.2. The quantitative estimate of drug-likeness (QED) is 0.0574. The van der Waals surface area contributed by atoms with Gasteiger partial charge in [0, 0.05) is 18.7 Å². The van der Waals surface area contributed by atoms with Crippen LogP contribution in [-0.4, -0.2) is 188 Å². The van der Waals surface area contributed by atoms with Gasteiger partial charge in [-0.1, -0.05) is 0 Å². The van der Waals surface area contributed by atoms with Crippen LogP contribution in [0.4, 0.5) is 10.5 Å². The lowest BCUT2D eigenvalue weighted by atomic mass is 10.2. The summed E-state index contributed by atoms with van der Waals surface area (Å²) in [6.07, 6.45) is -0.459.